The summed E-state index contributed by atoms with van der Waals surface area (Å²) in [6.07, 6.45) is 0.452. The SMILES string of the molecule is CCN(CC)c1noc(CC2CS(=O)(=O)CCN2)n1. The Labute approximate surface area is 113 Å². The van der Waals surface area contributed by atoms with Gasteiger partial charge in [0, 0.05) is 32.1 Å². The zero-order chi connectivity index (χ0) is 13.9. The van der Waals surface area contributed by atoms with E-state index in [4.69, 9.17) is 4.52 Å². The zero-order valence-corrected chi connectivity index (χ0v) is 12.1. The molecule has 1 saturated heterocycles. The van der Waals surface area contributed by atoms with Crippen LogP contribution in [0.1, 0.15) is 19.7 Å². The summed E-state index contributed by atoms with van der Waals surface area (Å²) in [4.78, 5) is 6.29. The zero-order valence-electron chi connectivity index (χ0n) is 11.3. The Morgan fingerprint density at radius 1 is 1.42 bits per heavy atom. The van der Waals surface area contributed by atoms with Gasteiger partial charge in [-0.2, -0.15) is 4.98 Å². The van der Waals surface area contributed by atoms with Gasteiger partial charge in [0.15, 0.2) is 9.84 Å². The number of hydrogen-bond acceptors (Lipinski definition) is 7. The highest BCUT2D eigenvalue weighted by molar-refractivity contribution is 7.91. The Kier molecular flexibility index (Phi) is 4.41. The fourth-order valence-corrected chi connectivity index (χ4v) is 3.62. The summed E-state index contributed by atoms with van der Waals surface area (Å²) in [5.41, 5.74) is 0. The predicted octanol–water partition coefficient (Wildman–Crippen LogP) is -0.155. The summed E-state index contributed by atoms with van der Waals surface area (Å²) >= 11 is 0. The molecule has 1 aromatic heterocycles. The van der Waals surface area contributed by atoms with E-state index in [0.29, 0.717) is 24.8 Å². The first kappa shape index (κ1) is 14.3. The van der Waals surface area contributed by atoms with E-state index in [2.05, 4.69) is 15.5 Å². The highest BCUT2D eigenvalue weighted by Gasteiger charge is 2.26. The third-order valence-electron chi connectivity index (χ3n) is 3.23. The molecule has 19 heavy (non-hydrogen) atoms. The molecule has 1 atom stereocenters. The summed E-state index contributed by atoms with van der Waals surface area (Å²) in [6.45, 7) is 6.16. The molecule has 1 aromatic rings. The van der Waals surface area contributed by atoms with E-state index in [1.807, 2.05) is 18.7 Å². The summed E-state index contributed by atoms with van der Waals surface area (Å²) in [5.74, 6) is 1.39. The number of sulfone groups is 1. The minimum Gasteiger partial charge on any atom is -0.339 e. The standard InChI is InChI=1S/C11H20N4O3S/c1-3-15(4-2)11-13-10(18-14-11)7-9-8-19(16,17)6-5-12-9/h9,12H,3-8H2,1-2H3. The average Bonchev–Trinajstić information content (AvgIpc) is 2.78. The fourth-order valence-electron chi connectivity index (χ4n) is 2.17. The lowest BCUT2D eigenvalue weighted by Crippen LogP contribution is -2.46. The molecule has 8 heteroatoms. The predicted molar refractivity (Wildman–Crippen MR) is 72.0 cm³/mol. The van der Waals surface area contributed by atoms with Crippen LogP contribution in [0.15, 0.2) is 4.52 Å². The molecule has 1 aliphatic heterocycles. The largest absolute Gasteiger partial charge is 0.339 e. The van der Waals surface area contributed by atoms with Gasteiger partial charge < -0.3 is 14.7 Å². The van der Waals surface area contributed by atoms with Crippen LogP contribution in [0.25, 0.3) is 0 Å². The van der Waals surface area contributed by atoms with Crippen LogP contribution in [-0.4, -0.2) is 55.7 Å². The molecule has 0 aromatic carbocycles. The number of aromatic nitrogens is 2. The van der Waals surface area contributed by atoms with E-state index < -0.39 is 9.84 Å². The van der Waals surface area contributed by atoms with Gasteiger partial charge >= 0.3 is 0 Å². The van der Waals surface area contributed by atoms with Crippen molar-refractivity contribution >= 4 is 15.8 Å². The topological polar surface area (TPSA) is 88.3 Å². The molecule has 1 aliphatic rings. The first-order chi connectivity index (χ1) is 9.04. The van der Waals surface area contributed by atoms with Gasteiger partial charge in [-0.1, -0.05) is 0 Å². The second kappa shape index (κ2) is 5.87. The molecule has 1 N–H and O–H groups in total. The van der Waals surface area contributed by atoms with Crippen molar-refractivity contribution in [3.8, 4) is 0 Å². The maximum Gasteiger partial charge on any atom is 0.266 e. The van der Waals surface area contributed by atoms with E-state index in [-0.39, 0.29) is 17.5 Å². The van der Waals surface area contributed by atoms with Gasteiger partial charge in [0.1, 0.15) is 0 Å². The number of hydrogen-bond donors (Lipinski definition) is 1. The Bertz CT molecular complexity index is 510. The van der Waals surface area contributed by atoms with E-state index >= 15 is 0 Å². The Hall–Kier alpha value is -1.15. The minimum absolute atomic E-state index is 0.135. The first-order valence-corrected chi connectivity index (χ1v) is 8.37. The molecule has 0 amide bonds. The van der Waals surface area contributed by atoms with Gasteiger partial charge in [0.2, 0.25) is 5.89 Å². The van der Waals surface area contributed by atoms with Gasteiger partial charge in [-0.3, -0.25) is 0 Å². The Morgan fingerprint density at radius 2 is 2.16 bits per heavy atom. The van der Waals surface area contributed by atoms with E-state index in [0.717, 1.165) is 13.1 Å². The van der Waals surface area contributed by atoms with Crippen molar-refractivity contribution in [1.29, 1.82) is 0 Å². The molecule has 0 radical (unpaired) electrons. The van der Waals surface area contributed by atoms with Crippen molar-refractivity contribution in [3.05, 3.63) is 5.89 Å². The maximum absolute atomic E-state index is 11.5. The molecular weight excluding hydrogens is 268 g/mol. The lowest BCUT2D eigenvalue weighted by Gasteiger charge is -2.22. The molecule has 2 heterocycles. The monoisotopic (exact) mass is 288 g/mol. The number of anilines is 1. The summed E-state index contributed by atoms with van der Waals surface area (Å²) in [7, 11) is -2.93. The Morgan fingerprint density at radius 3 is 2.79 bits per heavy atom. The number of rotatable bonds is 5. The third kappa shape index (κ3) is 3.66. The Balaban J connectivity index is 2.00. The molecule has 2 rings (SSSR count). The first-order valence-electron chi connectivity index (χ1n) is 6.55. The molecule has 0 spiro atoms. The number of nitrogens with zero attached hydrogens (tertiary/aromatic N) is 3. The second-order valence-electron chi connectivity index (χ2n) is 4.63. The van der Waals surface area contributed by atoms with Crippen LogP contribution in [0.5, 0.6) is 0 Å². The van der Waals surface area contributed by atoms with E-state index in [1.165, 1.54) is 0 Å². The minimum atomic E-state index is -2.93. The van der Waals surface area contributed by atoms with Crippen LogP contribution in [-0.2, 0) is 16.3 Å². The summed E-state index contributed by atoms with van der Waals surface area (Å²) in [5, 5.41) is 7.09. The van der Waals surface area contributed by atoms with Gasteiger partial charge in [0.05, 0.1) is 11.5 Å². The quantitative estimate of drug-likeness (QED) is 0.805. The molecular formula is C11H20N4O3S. The summed E-state index contributed by atoms with van der Waals surface area (Å²) < 4.78 is 28.3. The lowest BCUT2D eigenvalue weighted by atomic mass is 10.2. The van der Waals surface area contributed by atoms with Crippen molar-refractivity contribution in [3.63, 3.8) is 0 Å². The van der Waals surface area contributed by atoms with Crippen molar-refractivity contribution in [2.24, 2.45) is 0 Å². The average molecular weight is 288 g/mol. The highest BCUT2D eigenvalue weighted by Crippen LogP contribution is 2.12. The van der Waals surface area contributed by atoms with Gasteiger partial charge in [0.25, 0.3) is 5.95 Å². The van der Waals surface area contributed by atoms with Crippen molar-refractivity contribution < 1.29 is 12.9 Å². The van der Waals surface area contributed by atoms with Crippen molar-refractivity contribution in [1.82, 2.24) is 15.5 Å². The lowest BCUT2D eigenvalue weighted by molar-refractivity contribution is 0.360. The van der Waals surface area contributed by atoms with Crippen LogP contribution in [0.4, 0.5) is 5.95 Å². The molecule has 0 aliphatic carbocycles. The van der Waals surface area contributed by atoms with Crippen LogP contribution in [0, 0.1) is 0 Å². The van der Waals surface area contributed by atoms with E-state index in [1.54, 1.807) is 0 Å². The van der Waals surface area contributed by atoms with Gasteiger partial charge in [-0.25, -0.2) is 8.42 Å². The molecule has 1 fully saturated rings. The van der Waals surface area contributed by atoms with Crippen LogP contribution in [0.3, 0.4) is 0 Å². The highest BCUT2D eigenvalue weighted by atomic mass is 32.2. The molecule has 7 nitrogen and oxygen atoms in total. The smallest absolute Gasteiger partial charge is 0.266 e. The molecule has 0 bridgehead atoms. The van der Waals surface area contributed by atoms with Crippen molar-refractivity contribution in [2.45, 2.75) is 26.3 Å². The van der Waals surface area contributed by atoms with Crippen LogP contribution < -0.4 is 10.2 Å². The molecule has 0 saturated carbocycles. The maximum atomic E-state index is 11.5. The fraction of sp³-hybridized carbons (Fsp3) is 0.818. The second-order valence-corrected chi connectivity index (χ2v) is 6.86. The summed E-state index contributed by atoms with van der Waals surface area (Å²) in [6, 6.07) is -0.135. The van der Waals surface area contributed by atoms with Crippen LogP contribution in [0.2, 0.25) is 0 Å². The van der Waals surface area contributed by atoms with Crippen molar-refractivity contribution in [2.75, 3.05) is 36.0 Å². The molecule has 108 valence electrons. The third-order valence-corrected chi connectivity index (χ3v) is 4.96. The van der Waals surface area contributed by atoms with Gasteiger partial charge in [-0.05, 0) is 19.0 Å². The number of nitrogens with one attached hydrogen (secondary N) is 1. The van der Waals surface area contributed by atoms with Gasteiger partial charge in [-0.15, -0.1) is 0 Å². The molecule has 1 unspecified atom stereocenters. The normalized spacial score (nSPS) is 22.3. The van der Waals surface area contributed by atoms with E-state index in [9.17, 15) is 8.42 Å². The van der Waals surface area contributed by atoms with Crippen LogP contribution >= 0.6 is 0 Å².